The van der Waals surface area contributed by atoms with Gasteiger partial charge in [-0.25, -0.2) is 0 Å². The van der Waals surface area contributed by atoms with E-state index < -0.39 is 0 Å². The molecule has 1 saturated heterocycles. The fraction of sp³-hybridized carbons (Fsp3) is 0.474. The van der Waals surface area contributed by atoms with Crippen LogP contribution < -0.4 is 10.1 Å². The van der Waals surface area contributed by atoms with E-state index in [9.17, 15) is 9.59 Å². The van der Waals surface area contributed by atoms with E-state index in [1.807, 2.05) is 24.0 Å². The van der Waals surface area contributed by atoms with Gasteiger partial charge in [0.05, 0.1) is 18.3 Å². The van der Waals surface area contributed by atoms with Crippen LogP contribution in [0.25, 0.3) is 0 Å². The Balaban J connectivity index is 1.54. The van der Waals surface area contributed by atoms with Crippen LogP contribution in [0, 0.1) is 0 Å². The number of nitrogens with one attached hydrogen (secondary N) is 1. The van der Waals surface area contributed by atoms with Crippen molar-refractivity contribution in [3.05, 3.63) is 39.9 Å². The Hall–Kier alpha value is -2.48. The number of hydrogen-bond donors (Lipinski definition) is 1. The first-order chi connectivity index (χ1) is 13.0. The molecule has 7 nitrogen and oxygen atoms in total. The van der Waals surface area contributed by atoms with Gasteiger partial charge in [-0.1, -0.05) is 17.5 Å². The molecule has 1 aromatic carbocycles. The van der Waals surface area contributed by atoms with Crippen LogP contribution in [0.5, 0.6) is 5.75 Å². The van der Waals surface area contributed by atoms with Gasteiger partial charge in [-0.2, -0.15) is 0 Å². The van der Waals surface area contributed by atoms with Gasteiger partial charge in [0.25, 0.3) is 11.8 Å². The van der Waals surface area contributed by atoms with Crippen molar-refractivity contribution in [2.75, 3.05) is 20.2 Å². The summed E-state index contributed by atoms with van der Waals surface area (Å²) in [6.07, 6.45) is 3.04. The van der Waals surface area contributed by atoms with Gasteiger partial charge in [-0.15, -0.1) is 5.10 Å². The van der Waals surface area contributed by atoms with E-state index in [2.05, 4.69) is 14.9 Å². The lowest BCUT2D eigenvalue weighted by Crippen LogP contribution is -2.50. The van der Waals surface area contributed by atoms with Crippen molar-refractivity contribution in [3.63, 3.8) is 0 Å². The van der Waals surface area contributed by atoms with Crippen LogP contribution in [0.2, 0.25) is 0 Å². The van der Waals surface area contributed by atoms with Gasteiger partial charge < -0.3 is 15.0 Å². The minimum atomic E-state index is -0.385. The van der Waals surface area contributed by atoms with E-state index in [4.69, 9.17) is 4.74 Å². The number of fused-ring (bicyclic) bond motifs is 1. The highest BCUT2D eigenvalue weighted by Gasteiger charge is 2.43. The van der Waals surface area contributed by atoms with Crippen LogP contribution in [0.15, 0.2) is 18.2 Å². The normalized spacial score (nSPS) is 21.7. The van der Waals surface area contributed by atoms with Crippen molar-refractivity contribution in [3.8, 4) is 5.75 Å². The summed E-state index contributed by atoms with van der Waals surface area (Å²) in [5.41, 5.74) is 2.05. The number of carbonyl (C=O) groups is 2. The molecule has 0 unspecified atom stereocenters. The Kier molecular flexibility index (Phi) is 4.59. The minimum Gasteiger partial charge on any atom is -0.497 e. The molecule has 4 rings (SSSR count). The Morgan fingerprint density at radius 1 is 1.41 bits per heavy atom. The highest BCUT2D eigenvalue weighted by Crippen LogP contribution is 2.33. The largest absolute Gasteiger partial charge is 0.497 e. The molecule has 142 valence electrons. The number of nitrogens with zero attached hydrogens (tertiary/aromatic N) is 3. The van der Waals surface area contributed by atoms with Crippen molar-refractivity contribution in [1.29, 1.82) is 0 Å². The first kappa shape index (κ1) is 17.9. The number of carbonyl (C=O) groups excluding carboxylic acids is 2. The lowest BCUT2D eigenvalue weighted by molar-refractivity contribution is 0.0767. The molecule has 0 radical (unpaired) electrons. The third-order valence-electron chi connectivity index (χ3n) is 5.54. The maximum Gasteiger partial charge on any atom is 0.267 e. The number of hydrogen-bond acceptors (Lipinski definition) is 6. The predicted molar refractivity (Wildman–Crippen MR) is 101 cm³/mol. The molecule has 27 heavy (non-hydrogen) atoms. The van der Waals surface area contributed by atoms with Gasteiger partial charge in [-0.3, -0.25) is 9.59 Å². The van der Waals surface area contributed by atoms with Crippen molar-refractivity contribution < 1.29 is 14.3 Å². The summed E-state index contributed by atoms with van der Waals surface area (Å²) in [4.78, 5) is 28.2. The second-order valence-electron chi connectivity index (χ2n) is 7.14. The maximum atomic E-state index is 12.9. The molecule has 3 heterocycles. The van der Waals surface area contributed by atoms with E-state index in [1.54, 1.807) is 13.2 Å². The smallest absolute Gasteiger partial charge is 0.267 e. The Bertz CT molecular complexity index is 897. The highest BCUT2D eigenvalue weighted by atomic mass is 32.1. The molecule has 2 amide bonds. The minimum absolute atomic E-state index is 0.0311. The van der Waals surface area contributed by atoms with Crippen LogP contribution in [0.3, 0.4) is 0 Å². The molecule has 8 heteroatoms. The summed E-state index contributed by atoms with van der Waals surface area (Å²) in [5.74, 6) is 0.550. The van der Waals surface area contributed by atoms with Crippen molar-refractivity contribution >= 4 is 23.3 Å². The van der Waals surface area contributed by atoms with Gasteiger partial charge in [0.15, 0.2) is 0 Å². The predicted octanol–water partition coefficient (Wildman–Crippen LogP) is 2.07. The molecule has 2 aliphatic heterocycles. The van der Waals surface area contributed by atoms with E-state index in [-0.39, 0.29) is 17.4 Å². The number of amides is 2. The molecule has 1 fully saturated rings. The lowest BCUT2D eigenvalue weighted by Gasteiger charge is -2.28. The number of benzene rings is 1. The van der Waals surface area contributed by atoms with E-state index in [0.29, 0.717) is 35.7 Å². The first-order valence-corrected chi connectivity index (χ1v) is 9.92. The number of rotatable bonds is 3. The van der Waals surface area contributed by atoms with E-state index in [0.717, 1.165) is 42.1 Å². The van der Waals surface area contributed by atoms with Crippen molar-refractivity contribution in [1.82, 2.24) is 19.8 Å². The van der Waals surface area contributed by atoms with Gasteiger partial charge in [0.1, 0.15) is 10.6 Å². The molecule has 1 atom stereocenters. The molecular weight excluding hydrogens is 364 g/mol. The molecule has 0 bridgehead atoms. The number of aryl methyl sites for hydroxylation is 2. The van der Waals surface area contributed by atoms with Gasteiger partial charge in [-0.05, 0) is 54.9 Å². The highest BCUT2D eigenvalue weighted by molar-refractivity contribution is 7.08. The molecule has 0 saturated carbocycles. The topological polar surface area (TPSA) is 84.4 Å². The molecule has 0 aliphatic carbocycles. The van der Waals surface area contributed by atoms with Crippen LogP contribution >= 0.6 is 11.5 Å². The number of methoxy groups -OCH3 is 1. The number of likely N-dealkylation sites (tertiary alicyclic amines) is 1. The monoisotopic (exact) mass is 386 g/mol. The maximum absolute atomic E-state index is 12.9. The SMILES string of the molecule is CCc1nnsc1C(=O)N1CC[C@@]2(CCc3ccc(OC)cc3C(=O)N2)C1. The van der Waals surface area contributed by atoms with Gasteiger partial charge in [0, 0.05) is 18.7 Å². The summed E-state index contributed by atoms with van der Waals surface area (Å²) in [6.45, 7) is 3.11. The summed E-state index contributed by atoms with van der Waals surface area (Å²) in [7, 11) is 1.59. The molecule has 1 N–H and O–H groups in total. The fourth-order valence-corrected chi connectivity index (χ4v) is 4.67. The second-order valence-corrected chi connectivity index (χ2v) is 7.89. The zero-order chi connectivity index (χ0) is 19.0. The third-order valence-corrected chi connectivity index (χ3v) is 6.30. The Morgan fingerprint density at radius 3 is 3.04 bits per heavy atom. The van der Waals surface area contributed by atoms with Crippen LogP contribution in [0.4, 0.5) is 0 Å². The molecule has 2 aromatic rings. The first-order valence-electron chi connectivity index (χ1n) is 9.15. The molecule has 2 aliphatic rings. The third kappa shape index (κ3) is 3.18. The second kappa shape index (κ2) is 6.92. The van der Waals surface area contributed by atoms with E-state index >= 15 is 0 Å². The zero-order valence-corrected chi connectivity index (χ0v) is 16.3. The van der Waals surface area contributed by atoms with Crippen LogP contribution in [0.1, 0.15) is 51.1 Å². The average Bonchev–Trinajstić information content (AvgIpc) is 3.30. The summed E-state index contributed by atoms with van der Waals surface area (Å²) in [5, 5.41) is 7.25. The van der Waals surface area contributed by atoms with Crippen LogP contribution in [-0.2, 0) is 12.8 Å². The van der Waals surface area contributed by atoms with Gasteiger partial charge >= 0.3 is 0 Å². The Labute approximate surface area is 161 Å². The molecule has 1 aromatic heterocycles. The van der Waals surface area contributed by atoms with Gasteiger partial charge in [0.2, 0.25) is 0 Å². The zero-order valence-electron chi connectivity index (χ0n) is 15.4. The average molecular weight is 386 g/mol. The summed E-state index contributed by atoms with van der Waals surface area (Å²) < 4.78 is 9.18. The summed E-state index contributed by atoms with van der Waals surface area (Å²) >= 11 is 1.15. The summed E-state index contributed by atoms with van der Waals surface area (Å²) in [6, 6.07) is 5.64. The van der Waals surface area contributed by atoms with Crippen molar-refractivity contribution in [2.45, 2.75) is 38.1 Å². The quantitative estimate of drug-likeness (QED) is 0.873. The molecular formula is C19H22N4O3S. The lowest BCUT2D eigenvalue weighted by atomic mass is 9.91. The number of aromatic nitrogens is 2. The standard InChI is InChI=1S/C19H22N4O3S/c1-3-15-16(27-22-21-15)18(25)23-9-8-19(11-23)7-6-12-4-5-13(26-2)10-14(12)17(24)20-19/h4-5,10H,3,6-9,11H2,1-2H3,(H,20,24)/t19-/m0/s1. The van der Waals surface area contributed by atoms with E-state index in [1.165, 1.54) is 0 Å². The number of ether oxygens (including phenoxy) is 1. The van der Waals surface area contributed by atoms with Crippen LogP contribution in [-0.4, -0.2) is 52.0 Å². The van der Waals surface area contributed by atoms with Crippen molar-refractivity contribution in [2.24, 2.45) is 0 Å². The fourth-order valence-electron chi connectivity index (χ4n) is 3.95. The Morgan fingerprint density at radius 2 is 2.26 bits per heavy atom. The molecule has 1 spiro atoms.